The minimum absolute atomic E-state index is 0.455. The molecule has 1 unspecified atom stereocenters. The molecule has 0 aliphatic heterocycles. The predicted octanol–water partition coefficient (Wildman–Crippen LogP) is 3.39. The fourth-order valence-electron chi connectivity index (χ4n) is 1.89. The zero-order valence-electron chi connectivity index (χ0n) is 10.8. The van der Waals surface area contributed by atoms with Gasteiger partial charge in [-0.05, 0) is 36.6 Å². The normalized spacial score (nSPS) is 12.8. The van der Waals surface area contributed by atoms with Crippen LogP contribution in [-0.2, 0) is 0 Å². The van der Waals surface area contributed by atoms with E-state index in [0.717, 1.165) is 12.3 Å². The van der Waals surface area contributed by atoms with Crippen molar-refractivity contribution in [2.75, 3.05) is 13.7 Å². The van der Waals surface area contributed by atoms with Gasteiger partial charge in [0, 0.05) is 6.04 Å². The highest BCUT2D eigenvalue weighted by molar-refractivity contribution is 5.29. The first-order chi connectivity index (χ1) is 7.67. The van der Waals surface area contributed by atoms with E-state index >= 15 is 0 Å². The number of benzene rings is 1. The molecular weight excluding hydrogens is 198 g/mol. The van der Waals surface area contributed by atoms with Gasteiger partial charge < -0.3 is 10.1 Å². The van der Waals surface area contributed by atoms with E-state index in [2.05, 4.69) is 38.2 Å². The molecular formula is C14H23NO. The molecule has 16 heavy (non-hydrogen) atoms. The van der Waals surface area contributed by atoms with Crippen molar-refractivity contribution in [2.24, 2.45) is 5.92 Å². The summed E-state index contributed by atoms with van der Waals surface area (Å²) in [5.74, 6) is 1.62. The third-order valence-corrected chi connectivity index (χ3v) is 2.68. The minimum Gasteiger partial charge on any atom is -0.497 e. The largest absolute Gasteiger partial charge is 0.497 e. The molecule has 0 bridgehead atoms. The first-order valence-corrected chi connectivity index (χ1v) is 6.04. The summed E-state index contributed by atoms with van der Waals surface area (Å²) in [5, 5.41) is 3.53. The number of hydrogen-bond donors (Lipinski definition) is 1. The Labute approximate surface area is 99.0 Å². The van der Waals surface area contributed by atoms with E-state index in [1.54, 1.807) is 7.11 Å². The van der Waals surface area contributed by atoms with Crippen LogP contribution in [0.15, 0.2) is 24.3 Å². The molecule has 0 saturated carbocycles. The molecule has 0 aromatic heterocycles. The Balaban J connectivity index is 2.75. The van der Waals surface area contributed by atoms with Crippen LogP contribution in [-0.4, -0.2) is 13.7 Å². The van der Waals surface area contributed by atoms with E-state index in [0.29, 0.717) is 12.0 Å². The second-order valence-electron chi connectivity index (χ2n) is 4.51. The fourth-order valence-corrected chi connectivity index (χ4v) is 1.89. The summed E-state index contributed by atoms with van der Waals surface area (Å²) in [4.78, 5) is 0. The summed E-state index contributed by atoms with van der Waals surface area (Å²) in [6.45, 7) is 7.67. The topological polar surface area (TPSA) is 21.3 Å². The first-order valence-electron chi connectivity index (χ1n) is 6.04. The summed E-state index contributed by atoms with van der Waals surface area (Å²) in [6.07, 6.45) is 1.17. The summed E-state index contributed by atoms with van der Waals surface area (Å²) in [7, 11) is 1.70. The van der Waals surface area contributed by atoms with Crippen molar-refractivity contribution in [3.63, 3.8) is 0 Å². The van der Waals surface area contributed by atoms with Gasteiger partial charge in [0.2, 0.25) is 0 Å². The maximum absolute atomic E-state index is 5.17. The molecule has 1 aromatic carbocycles. The van der Waals surface area contributed by atoms with E-state index in [1.807, 2.05) is 12.1 Å². The van der Waals surface area contributed by atoms with Crippen molar-refractivity contribution >= 4 is 0 Å². The molecule has 0 fully saturated rings. The molecule has 0 spiro atoms. The van der Waals surface area contributed by atoms with Crippen molar-refractivity contribution in [2.45, 2.75) is 33.2 Å². The first kappa shape index (κ1) is 13.0. The van der Waals surface area contributed by atoms with E-state index in [4.69, 9.17) is 4.74 Å². The van der Waals surface area contributed by atoms with Gasteiger partial charge in [-0.25, -0.2) is 0 Å². The van der Waals surface area contributed by atoms with Gasteiger partial charge in [0.05, 0.1) is 7.11 Å². The Morgan fingerprint density at radius 1 is 1.19 bits per heavy atom. The molecule has 0 aliphatic carbocycles. The predicted molar refractivity (Wildman–Crippen MR) is 68.9 cm³/mol. The molecule has 1 N–H and O–H groups in total. The Morgan fingerprint density at radius 3 is 2.25 bits per heavy atom. The molecule has 1 atom stereocenters. The highest BCUT2D eigenvalue weighted by atomic mass is 16.5. The van der Waals surface area contributed by atoms with E-state index < -0.39 is 0 Å². The SMILES string of the molecule is CCNC(CC(C)C)c1ccc(OC)cc1. The molecule has 1 aromatic rings. The summed E-state index contributed by atoms with van der Waals surface area (Å²) in [5.41, 5.74) is 1.34. The number of nitrogens with one attached hydrogen (secondary N) is 1. The fraction of sp³-hybridized carbons (Fsp3) is 0.571. The number of hydrogen-bond acceptors (Lipinski definition) is 2. The average molecular weight is 221 g/mol. The van der Waals surface area contributed by atoms with Gasteiger partial charge in [0.15, 0.2) is 0 Å². The van der Waals surface area contributed by atoms with Crippen LogP contribution in [0.25, 0.3) is 0 Å². The van der Waals surface area contributed by atoms with Gasteiger partial charge in [-0.3, -0.25) is 0 Å². The average Bonchev–Trinajstić information content (AvgIpc) is 2.28. The molecule has 1 rings (SSSR count). The van der Waals surface area contributed by atoms with E-state index in [9.17, 15) is 0 Å². The van der Waals surface area contributed by atoms with Crippen LogP contribution in [0, 0.1) is 5.92 Å². The van der Waals surface area contributed by atoms with Crippen molar-refractivity contribution in [3.8, 4) is 5.75 Å². The van der Waals surface area contributed by atoms with Crippen molar-refractivity contribution in [1.82, 2.24) is 5.32 Å². The Morgan fingerprint density at radius 2 is 1.81 bits per heavy atom. The van der Waals surface area contributed by atoms with Gasteiger partial charge >= 0.3 is 0 Å². The lowest BCUT2D eigenvalue weighted by Gasteiger charge is -2.20. The van der Waals surface area contributed by atoms with Crippen LogP contribution >= 0.6 is 0 Å². The number of ether oxygens (including phenoxy) is 1. The molecule has 2 nitrogen and oxygen atoms in total. The van der Waals surface area contributed by atoms with Gasteiger partial charge in [0.1, 0.15) is 5.75 Å². The maximum atomic E-state index is 5.17. The molecule has 2 heteroatoms. The third kappa shape index (κ3) is 3.86. The second kappa shape index (κ2) is 6.54. The quantitative estimate of drug-likeness (QED) is 0.795. The van der Waals surface area contributed by atoms with Gasteiger partial charge in [-0.1, -0.05) is 32.9 Å². The molecule has 0 radical (unpaired) electrons. The Bertz CT molecular complexity index is 292. The lowest BCUT2D eigenvalue weighted by atomic mass is 9.97. The van der Waals surface area contributed by atoms with E-state index in [1.165, 1.54) is 12.0 Å². The van der Waals surface area contributed by atoms with Crippen LogP contribution in [0.4, 0.5) is 0 Å². The van der Waals surface area contributed by atoms with Crippen molar-refractivity contribution < 1.29 is 4.74 Å². The summed E-state index contributed by atoms with van der Waals surface area (Å²) < 4.78 is 5.17. The van der Waals surface area contributed by atoms with Crippen LogP contribution in [0.2, 0.25) is 0 Å². The van der Waals surface area contributed by atoms with Gasteiger partial charge in [0.25, 0.3) is 0 Å². The summed E-state index contributed by atoms with van der Waals surface area (Å²) in [6, 6.07) is 8.80. The highest BCUT2D eigenvalue weighted by Crippen LogP contribution is 2.23. The van der Waals surface area contributed by atoms with Crippen molar-refractivity contribution in [3.05, 3.63) is 29.8 Å². The molecule has 90 valence electrons. The van der Waals surface area contributed by atoms with Crippen LogP contribution in [0.1, 0.15) is 38.8 Å². The zero-order chi connectivity index (χ0) is 12.0. The smallest absolute Gasteiger partial charge is 0.118 e. The van der Waals surface area contributed by atoms with E-state index in [-0.39, 0.29) is 0 Å². The Hall–Kier alpha value is -1.02. The Kier molecular flexibility index (Phi) is 5.33. The lowest BCUT2D eigenvalue weighted by molar-refractivity contribution is 0.412. The standard InChI is InChI=1S/C14H23NO/c1-5-15-14(10-11(2)3)12-6-8-13(16-4)9-7-12/h6-9,11,14-15H,5,10H2,1-4H3. The van der Waals surface area contributed by atoms with Crippen LogP contribution in [0.5, 0.6) is 5.75 Å². The third-order valence-electron chi connectivity index (χ3n) is 2.68. The minimum atomic E-state index is 0.455. The maximum Gasteiger partial charge on any atom is 0.118 e. The lowest BCUT2D eigenvalue weighted by Crippen LogP contribution is -2.22. The monoisotopic (exact) mass is 221 g/mol. The van der Waals surface area contributed by atoms with Crippen molar-refractivity contribution in [1.29, 1.82) is 0 Å². The molecule has 0 heterocycles. The second-order valence-corrected chi connectivity index (χ2v) is 4.51. The molecule has 0 aliphatic rings. The van der Waals surface area contributed by atoms with Gasteiger partial charge in [-0.2, -0.15) is 0 Å². The number of methoxy groups -OCH3 is 1. The summed E-state index contributed by atoms with van der Waals surface area (Å²) >= 11 is 0. The highest BCUT2D eigenvalue weighted by Gasteiger charge is 2.11. The zero-order valence-corrected chi connectivity index (χ0v) is 10.8. The molecule has 0 saturated heterocycles. The van der Waals surface area contributed by atoms with Crippen LogP contribution < -0.4 is 10.1 Å². The number of rotatable bonds is 6. The van der Waals surface area contributed by atoms with Gasteiger partial charge in [-0.15, -0.1) is 0 Å². The van der Waals surface area contributed by atoms with Crippen LogP contribution in [0.3, 0.4) is 0 Å². The molecule has 0 amide bonds.